The van der Waals surface area contributed by atoms with Gasteiger partial charge in [0.15, 0.2) is 0 Å². The topological polar surface area (TPSA) is 82.3 Å². The Balaban J connectivity index is 1.58. The SMILES string of the molecule is CN1CCC[C@H](C(=O)N2CC[C@@H](Oc3nccnc3C#N)C2)C1. The first-order chi connectivity index (χ1) is 11.2. The predicted molar refractivity (Wildman–Crippen MR) is 82.6 cm³/mol. The largest absolute Gasteiger partial charge is 0.470 e. The summed E-state index contributed by atoms with van der Waals surface area (Å²) in [5.74, 6) is 0.577. The molecule has 0 spiro atoms. The first-order valence-electron chi connectivity index (χ1n) is 8.02. The molecule has 3 heterocycles. The van der Waals surface area contributed by atoms with Crippen molar-refractivity contribution in [3.8, 4) is 11.9 Å². The van der Waals surface area contributed by atoms with Gasteiger partial charge in [-0.15, -0.1) is 0 Å². The molecule has 7 heteroatoms. The van der Waals surface area contributed by atoms with Crippen molar-refractivity contribution in [2.45, 2.75) is 25.4 Å². The van der Waals surface area contributed by atoms with Gasteiger partial charge in [0.25, 0.3) is 5.88 Å². The van der Waals surface area contributed by atoms with E-state index < -0.39 is 0 Å². The molecule has 2 saturated heterocycles. The van der Waals surface area contributed by atoms with Gasteiger partial charge in [-0.05, 0) is 26.4 Å². The molecule has 23 heavy (non-hydrogen) atoms. The molecule has 7 nitrogen and oxygen atoms in total. The lowest BCUT2D eigenvalue weighted by atomic mass is 9.97. The Labute approximate surface area is 135 Å². The molecule has 2 aliphatic heterocycles. The lowest BCUT2D eigenvalue weighted by Gasteiger charge is -2.31. The van der Waals surface area contributed by atoms with Gasteiger partial charge < -0.3 is 14.5 Å². The summed E-state index contributed by atoms with van der Waals surface area (Å²) < 4.78 is 5.79. The standard InChI is InChI=1S/C16H21N5O2/c1-20-7-2-3-12(10-20)16(22)21-8-4-13(11-21)23-15-14(9-17)18-5-6-19-15/h5-6,12-13H,2-4,7-8,10-11H2,1H3/t12-,13+/m0/s1. The highest BCUT2D eigenvalue weighted by Crippen LogP contribution is 2.23. The second kappa shape index (κ2) is 6.92. The summed E-state index contributed by atoms with van der Waals surface area (Å²) in [6, 6.07) is 1.98. The Hall–Kier alpha value is -2.20. The van der Waals surface area contributed by atoms with Gasteiger partial charge >= 0.3 is 0 Å². The molecule has 2 atom stereocenters. The van der Waals surface area contributed by atoms with Crippen molar-refractivity contribution < 1.29 is 9.53 Å². The van der Waals surface area contributed by atoms with Gasteiger partial charge in [-0.3, -0.25) is 4.79 Å². The van der Waals surface area contributed by atoms with Crippen LogP contribution in [0.3, 0.4) is 0 Å². The summed E-state index contributed by atoms with van der Waals surface area (Å²) >= 11 is 0. The van der Waals surface area contributed by atoms with Gasteiger partial charge in [-0.1, -0.05) is 0 Å². The van der Waals surface area contributed by atoms with E-state index in [1.807, 2.05) is 11.0 Å². The van der Waals surface area contributed by atoms with Gasteiger partial charge in [-0.2, -0.15) is 5.26 Å². The van der Waals surface area contributed by atoms with Crippen LogP contribution in [0.25, 0.3) is 0 Å². The minimum Gasteiger partial charge on any atom is -0.470 e. The molecule has 2 fully saturated rings. The van der Waals surface area contributed by atoms with Gasteiger partial charge in [0.05, 0.1) is 12.5 Å². The minimum atomic E-state index is -0.121. The van der Waals surface area contributed by atoms with Crippen LogP contribution in [-0.2, 0) is 4.79 Å². The van der Waals surface area contributed by atoms with E-state index in [9.17, 15) is 4.79 Å². The Bertz CT molecular complexity index is 615. The van der Waals surface area contributed by atoms with E-state index in [1.54, 1.807) is 0 Å². The number of carbonyl (C=O) groups excluding carboxylic acids is 1. The third-order valence-corrected chi connectivity index (χ3v) is 4.48. The van der Waals surface area contributed by atoms with Crippen molar-refractivity contribution in [2.75, 3.05) is 33.2 Å². The van der Waals surface area contributed by atoms with E-state index in [1.165, 1.54) is 12.4 Å². The molecule has 2 aliphatic rings. The summed E-state index contributed by atoms with van der Waals surface area (Å²) in [7, 11) is 2.06. The van der Waals surface area contributed by atoms with E-state index in [0.29, 0.717) is 13.1 Å². The number of nitrogens with zero attached hydrogens (tertiary/aromatic N) is 5. The average Bonchev–Trinajstić information content (AvgIpc) is 3.03. The zero-order chi connectivity index (χ0) is 16.2. The Kier molecular flexibility index (Phi) is 4.72. The van der Waals surface area contributed by atoms with Crippen LogP contribution in [0.1, 0.15) is 25.0 Å². The van der Waals surface area contributed by atoms with Crippen molar-refractivity contribution in [2.24, 2.45) is 5.92 Å². The summed E-state index contributed by atoms with van der Waals surface area (Å²) in [5, 5.41) is 9.03. The maximum atomic E-state index is 12.6. The molecule has 1 amide bonds. The van der Waals surface area contributed by atoms with Gasteiger partial charge in [0.1, 0.15) is 12.2 Å². The lowest BCUT2D eigenvalue weighted by molar-refractivity contribution is -0.136. The molecule has 0 saturated carbocycles. The molecule has 0 aromatic carbocycles. The van der Waals surface area contributed by atoms with Crippen molar-refractivity contribution >= 4 is 5.91 Å². The summed E-state index contributed by atoms with van der Waals surface area (Å²) in [6.07, 6.45) is 5.65. The molecule has 1 aromatic rings. The first kappa shape index (κ1) is 15.7. The Morgan fingerprint density at radius 3 is 2.91 bits per heavy atom. The monoisotopic (exact) mass is 315 g/mol. The molecule has 0 unspecified atom stereocenters. The fraction of sp³-hybridized carbons (Fsp3) is 0.625. The molecule has 0 radical (unpaired) electrons. The molecule has 1 aromatic heterocycles. The van der Waals surface area contributed by atoms with Crippen LogP contribution in [0.5, 0.6) is 5.88 Å². The van der Waals surface area contributed by atoms with Crippen LogP contribution < -0.4 is 4.74 Å². The van der Waals surface area contributed by atoms with E-state index >= 15 is 0 Å². The molecular formula is C16H21N5O2. The van der Waals surface area contributed by atoms with Crippen molar-refractivity contribution in [1.29, 1.82) is 5.26 Å². The van der Waals surface area contributed by atoms with E-state index in [-0.39, 0.29) is 29.5 Å². The van der Waals surface area contributed by atoms with Crippen LogP contribution in [0.2, 0.25) is 0 Å². The summed E-state index contributed by atoms with van der Waals surface area (Å²) in [4.78, 5) is 24.7. The zero-order valence-corrected chi connectivity index (χ0v) is 13.3. The van der Waals surface area contributed by atoms with Crippen LogP contribution >= 0.6 is 0 Å². The third-order valence-electron chi connectivity index (χ3n) is 4.48. The highest BCUT2D eigenvalue weighted by atomic mass is 16.5. The van der Waals surface area contributed by atoms with E-state index in [4.69, 9.17) is 10.00 Å². The van der Waals surface area contributed by atoms with E-state index in [0.717, 1.165) is 32.4 Å². The Morgan fingerprint density at radius 1 is 1.30 bits per heavy atom. The molecule has 122 valence electrons. The number of piperidine rings is 1. The number of amides is 1. The number of carbonyl (C=O) groups is 1. The Morgan fingerprint density at radius 2 is 2.13 bits per heavy atom. The van der Waals surface area contributed by atoms with Gasteiger partial charge in [0.2, 0.25) is 11.6 Å². The molecule has 3 rings (SSSR count). The summed E-state index contributed by atoms with van der Waals surface area (Å²) in [5.41, 5.74) is 0.186. The highest BCUT2D eigenvalue weighted by molar-refractivity contribution is 5.79. The quantitative estimate of drug-likeness (QED) is 0.815. The third kappa shape index (κ3) is 3.59. The number of rotatable bonds is 3. The maximum Gasteiger partial charge on any atom is 0.251 e. The number of ether oxygens (including phenoxy) is 1. The second-order valence-corrected chi connectivity index (χ2v) is 6.24. The highest BCUT2D eigenvalue weighted by Gasteiger charge is 2.33. The number of nitriles is 1. The molecule has 0 N–H and O–H groups in total. The molecule has 0 aliphatic carbocycles. The van der Waals surface area contributed by atoms with Crippen LogP contribution in [0.15, 0.2) is 12.4 Å². The lowest BCUT2D eigenvalue weighted by Crippen LogP contribution is -2.43. The first-order valence-corrected chi connectivity index (χ1v) is 8.02. The van der Waals surface area contributed by atoms with Crippen molar-refractivity contribution in [3.63, 3.8) is 0 Å². The van der Waals surface area contributed by atoms with Crippen LogP contribution in [0, 0.1) is 17.2 Å². The van der Waals surface area contributed by atoms with Crippen molar-refractivity contribution in [1.82, 2.24) is 19.8 Å². The summed E-state index contributed by atoms with van der Waals surface area (Å²) in [6.45, 7) is 3.16. The predicted octanol–water partition coefficient (Wildman–Crippen LogP) is 0.670. The molecule has 0 bridgehead atoms. The van der Waals surface area contributed by atoms with Crippen LogP contribution in [-0.4, -0.2) is 65.0 Å². The fourth-order valence-electron chi connectivity index (χ4n) is 3.30. The zero-order valence-electron chi connectivity index (χ0n) is 13.3. The van der Waals surface area contributed by atoms with Gasteiger partial charge in [-0.25, -0.2) is 9.97 Å². The van der Waals surface area contributed by atoms with E-state index in [2.05, 4.69) is 21.9 Å². The van der Waals surface area contributed by atoms with Crippen molar-refractivity contribution in [3.05, 3.63) is 18.1 Å². The smallest absolute Gasteiger partial charge is 0.251 e. The number of aromatic nitrogens is 2. The van der Waals surface area contributed by atoms with Crippen LogP contribution in [0.4, 0.5) is 0 Å². The average molecular weight is 315 g/mol. The number of likely N-dealkylation sites (tertiary alicyclic amines) is 2. The number of hydrogen-bond donors (Lipinski definition) is 0. The minimum absolute atomic E-state index is 0.0960. The normalized spacial score (nSPS) is 25.1. The maximum absolute atomic E-state index is 12.6. The van der Waals surface area contributed by atoms with Gasteiger partial charge in [0, 0.05) is 31.9 Å². The second-order valence-electron chi connectivity index (χ2n) is 6.24. The fourth-order valence-corrected chi connectivity index (χ4v) is 3.30. The molecular weight excluding hydrogens is 294 g/mol. The number of hydrogen-bond acceptors (Lipinski definition) is 6.